The molecule has 3 atom stereocenters. The number of carboxylic acid groups (broad SMARTS) is 1. The summed E-state index contributed by atoms with van der Waals surface area (Å²) in [5, 5.41) is 49.4. The fraction of sp³-hybridized carbons (Fsp3) is 0.458. The van der Waals surface area contributed by atoms with Gasteiger partial charge in [-0.2, -0.15) is 0 Å². The third-order valence-electron chi connectivity index (χ3n) is 11.0. The van der Waals surface area contributed by atoms with Gasteiger partial charge in [-0.05, 0) is 112 Å². The fourth-order valence-corrected chi connectivity index (χ4v) is 10.5. The predicted molar refractivity (Wildman–Crippen MR) is 254 cm³/mol. The van der Waals surface area contributed by atoms with Crippen LogP contribution in [-0.2, 0) is 43.1 Å². The van der Waals surface area contributed by atoms with E-state index in [1.54, 1.807) is 38.9 Å². The standard InChI is InChI=1S/C16H19NO3S.C16H21NO2S.C12H12O3S.C4H9NO/c18-13-5-7-17(9-13)16(19)10-20-8-6-12-11-21-15-4-2-1-3-14(12)15;18-14-5-7-17(11-14)8-10-19-9-6-13-12-20-16-4-2-1-3-15(13)16;13-12(14)7-15-6-5-9-8-16-11-4-2-1-3-10(9)11;6-4-1-2-5-3-4/h1-4,11,13,18H,5-10H2;1-4,12,14,18H,5-11H2;1-4,8H,5-7H2,(H,13,14);4-6H,1-3H2. The summed E-state index contributed by atoms with van der Waals surface area (Å²) in [6.45, 7) is 8.01. The number of amides is 1. The lowest BCUT2D eigenvalue weighted by atomic mass is 10.1. The van der Waals surface area contributed by atoms with Crippen LogP contribution < -0.4 is 5.32 Å². The molecule has 3 aromatic heterocycles. The maximum Gasteiger partial charge on any atom is 0.329 e. The molecule has 3 unspecified atom stereocenters. The van der Waals surface area contributed by atoms with Crippen LogP contribution in [0.15, 0.2) is 88.9 Å². The number of hydrogen-bond donors (Lipinski definition) is 5. The van der Waals surface area contributed by atoms with E-state index in [0.717, 1.165) is 78.0 Å². The van der Waals surface area contributed by atoms with Gasteiger partial charge >= 0.3 is 5.97 Å². The maximum absolute atomic E-state index is 11.9. The van der Waals surface area contributed by atoms with Crippen LogP contribution in [0.5, 0.6) is 0 Å². The Morgan fingerprint density at radius 2 is 1.10 bits per heavy atom. The Kier molecular flexibility index (Phi) is 20.2. The molecule has 9 rings (SSSR count). The number of aliphatic hydroxyl groups is 3. The Bertz CT molecular complexity index is 2270. The minimum atomic E-state index is -0.921. The number of nitrogens with zero attached hydrogens (tertiary/aromatic N) is 2. The molecule has 15 heteroatoms. The van der Waals surface area contributed by atoms with E-state index in [9.17, 15) is 19.8 Å². The van der Waals surface area contributed by atoms with E-state index in [1.165, 1.54) is 46.9 Å². The van der Waals surface area contributed by atoms with Crippen molar-refractivity contribution >= 4 is 76.1 Å². The first-order valence-electron chi connectivity index (χ1n) is 21.8. The Morgan fingerprint density at radius 3 is 1.52 bits per heavy atom. The second-order valence-corrected chi connectivity index (χ2v) is 18.5. The number of nitrogens with one attached hydrogen (secondary N) is 1. The molecule has 340 valence electrons. The molecule has 0 saturated carbocycles. The summed E-state index contributed by atoms with van der Waals surface area (Å²) >= 11 is 5.25. The lowest BCUT2D eigenvalue weighted by Crippen LogP contribution is -2.32. The highest BCUT2D eigenvalue weighted by Crippen LogP contribution is 2.28. The number of rotatable bonds is 16. The average Bonchev–Trinajstić information content (AvgIpc) is 4.17. The number of aliphatic carboxylic acids is 1. The van der Waals surface area contributed by atoms with Gasteiger partial charge in [0.05, 0.1) is 44.7 Å². The highest BCUT2D eigenvalue weighted by molar-refractivity contribution is 7.18. The molecular weight excluding hydrogens is 859 g/mol. The van der Waals surface area contributed by atoms with Crippen molar-refractivity contribution in [3.05, 3.63) is 106 Å². The maximum atomic E-state index is 11.9. The Balaban J connectivity index is 0.000000148. The highest BCUT2D eigenvalue weighted by atomic mass is 32.1. The number of hydrogen-bond acceptors (Lipinski definition) is 13. The molecule has 3 saturated heterocycles. The van der Waals surface area contributed by atoms with E-state index in [0.29, 0.717) is 32.7 Å². The minimum absolute atomic E-state index is 0.0262. The van der Waals surface area contributed by atoms with Gasteiger partial charge in [-0.3, -0.25) is 9.69 Å². The molecule has 0 spiro atoms. The number of carbonyl (C=O) groups is 2. The van der Waals surface area contributed by atoms with Crippen molar-refractivity contribution in [2.75, 3.05) is 85.5 Å². The molecule has 3 fully saturated rings. The molecule has 0 radical (unpaired) electrons. The zero-order chi connectivity index (χ0) is 44.2. The summed E-state index contributed by atoms with van der Waals surface area (Å²) in [4.78, 5) is 26.0. The topological polar surface area (TPSA) is 161 Å². The molecule has 0 aliphatic carbocycles. The molecule has 0 bridgehead atoms. The Labute approximate surface area is 381 Å². The smallest absolute Gasteiger partial charge is 0.329 e. The van der Waals surface area contributed by atoms with Gasteiger partial charge in [-0.15, -0.1) is 34.0 Å². The van der Waals surface area contributed by atoms with Crippen molar-refractivity contribution in [1.29, 1.82) is 0 Å². The number of likely N-dealkylation sites (tertiary alicyclic amines) is 2. The van der Waals surface area contributed by atoms with Crippen LogP contribution >= 0.6 is 34.0 Å². The lowest BCUT2D eigenvalue weighted by Gasteiger charge is -2.15. The van der Waals surface area contributed by atoms with Crippen molar-refractivity contribution < 1.29 is 44.2 Å². The van der Waals surface area contributed by atoms with Crippen LogP contribution in [-0.4, -0.2) is 146 Å². The molecule has 1 amide bonds. The summed E-state index contributed by atoms with van der Waals surface area (Å²) < 4.78 is 20.2. The molecule has 63 heavy (non-hydrogen) atoms. The van der Waals surface area contributed by atoms with E-state index in [-0.39, 0.29) is 37.4 Å². The van der Waals surface area contributed by atoms with Gasteiger partial charge in [0.15, 0.2) is 0 Å². The SMILES string of the molecule is O=C(COCCc1csc2ccccc12)N1CCC(O)C1.O=C(O)COCCc1csc2ccccc12.OC1CCN(CCOCCc2csc3ccccc23)C1.OC1CCNC1. The summed E-state index contributed by atoms with van der Waals surface area (Å²) in [6, 6.07) is 25.1. The van der Waals surface area contributed by atoms with Gasteiger partial charge < -0.3 is 44.9 Å². The predicted octanol–water partition coefficient (Wildman–Crippen LogP) is 6.47. The molecule has 3 aliphatic heterocycles. The summed E-state index contributed by atoms with van der Waals surface area (Å²) in [6.07, 6.45) is 4.50. The molecule has 3 aromatic carbocycles. The monoisotopic (exact) mass is 919 g/mol. The number of aliphatic hydroxyl groups excluding tert-OH is 3. The van der Waals surface area contributed by atoms with Crippen molar-refractivity contribution in [3.8, 4) is 0 Å². The van der Waals surface area contributed by atoms with Gasteiger partial charge in [-0.1, -0.05) is 54.6 Å². The summed E-state index contributed by atoms with van der Waals surface area (Å²) in [5.41, 5.74) is 3.90. The van der Waals surface area contributed by atoms with E-state index in [1.807, 2.05) is 24.3 Å². The minimum Gasteiger partial charge on any atom is -0.480 e. The first-order chi connectivity index (χ1) is 30.7. The number of carbonyl (C=O) groups excluding carboxylic acids is 1. The normalized spacial score (nSPS) is 18.5. The van der Waals surface area contributed by atoms with Gasteiger partial charge in [0.1, 0.15) is 13.2 Å². The fourth-order valence-electron chi connectivity index (χ4n) is 7.55. The third kappa shape index (κ3) is 16.0. The third-order valence-corrected chi connectivity index (χ3v) is 14.1. The van der Waals surface area contributed by atoms with E-state index < -0.39 is 5.97 Å². The van der Waals surface area contributed by atoms with Gasteiger partial charge in [0.25, 0.3) is 0 Å². The van der Waals surface area contributed by atoms with Crippen LogP contribution in [0.4, 0.5) is 0 Å². The average molecular weight is 920 g/mol. The first kappa shape index (κ1) is 48.6. The van der Waals surface area contributed by atoms with Crippen molar-refractivity contribution in [3.63, 3.8) is 0 Å². The largest absolute Gasteiger partial charge is 0.480 e. The lowest BCUT2D eigenvalue weighted by molar-refractivity contribution is -0.142. The van der Waals surface area contributed by atoms with Gasteiger partial charge in [0, 0.05) is 53.4 Å². The molecule has 5 N–H and O–H groups in total. The van der Waals surface area contributed by atoms with Crippen LogP contribution in [0.3, 0.4) is 0 Å². The highest BCUT2D eigenvalue weighted by Gasteiger charge is 2.24. The van der Waals surface area contributed by atoms with E-state index >= 15 is 0 Å². The first-order valence-corrected chi connectivity index (χ1v) is 24.4. The number of thiophene rings is 3. The number of carboxylic acids is 1. The van der Waals surface area contributed by atoms with Crippen LogP contribution in [0.1, 0.15) is 36.0 Å². The molecule has 3 aliphatic rings. The number of fused-ring (bicyclic) bond motifs is 3. The Morgan fingerprint density at radius 1 is 0.603 bits per heavy atom. The zero-order valence-corrected chi connectivity index (χ0v) is 38.2. The molecule has 6 aromatic rings. The molecular formula is C48H61N3O9S3. The number of β-amino-alcohol motifs (C(OH)–C–C–N with tert-alkyl or cyclic N) is 3. The van der Waals surface area contributed by atoms with Gasteiger partial charge in [-0.25, -0.2) is 4.79 Å². The zero-order valence-electron chi connectivity index (χ0n) is 35.8. The number of ether oxygens (including phenoxy) is 3. The van der Waals surface area contributed by atoms with Crippen LogP contribution in [0, 0.1) is 0 Å². The van der Waals surface area contributed by atoms with Crippen LogP contribution in [0.2, 0.25) is 0 Å². The van der Waals surface area contributed by atoms with Crippen molar-refractivity contribution in [2.45, 2.75) is 56.8 Å². The van der Waals surface area contributed by atoms with Crippen LogP contribution in [0.25, 0.3) is 30.3 Å². The van der Waals surface area contributed by atoms with Gasteiger partial charge in [0.2, 0.25) is 5.91 Å². The molecule has 12 nitrogen and oxygen atoms in total. The van der Waals surface area contributed by atoms with Crippen molar-refractivity contribution in [1.82, 2.24) is 15.1 Å². The molecule has 6 heterocycles. The van der Waals surface area contributed by atoms with E-state index in [4.69, 9.17) is 24.4 Å². The van der Waals surface area contributed by atoms with Crippen molar-refractivity contribution in [2.24, 2.45) is 0 Å². The summed E-state index contributed by atoms with van der Waals surface area (Å²) in [7, 11) is 0. The second-order valence-electron chi connectivity index (χ2n) is 15.8. The second kappa shape index (κ2) is 26.2. The summed E-state index contributed by atoms with van der Waals surface area (Å²) in [5.74, 6) is -0.947. The number of benzene rings is 3. The quantitative estimate of drug-likeness (QED) is 0.0678. The Hall–Kier alpha value is -3.84. The van der Waals surface area contributed by atoms with E-state index in [2.05, 4.69) is 74.9 Å².